The van der Waals surface area contributed by atoms with Crippen molar-refractivity contribution in [1.82, 2.24) is 25.2 Å². The topological polar surface area (TPSA) is 71.8 Å². The van der Waals surface area contributed by atoms with Gasteiger partial charge in [0.2, 0.25) is 5.91 Å². The van der Waals surface area contributed by atoms with Crippen LogP contribution in [0.15, 0.2) is 37.1 Å². The highest BCUT2D eigenvalue weighted by atomic mass is 16.1. The van der Waals surface area contributed by atoms with Gasteiger partial charge in [0.05, 0.1) is 0 Å². The summed E-state index contributed by atoms with van der Waals surface area (Å²) in [6.45, 7) is 4.82. The number of aromatic nitrogens is 3. The van der Waals surface area contributed by atoms with Crippen molar-refractivity contribution in [1.29, 1.82) is 0 Å². The zero-order valence-corrected chi connectivity index (χ0v) is 14.1. The second kappa shape index (κ2) is 8.06. The molecule has 0 bridgehead atoms. The quantitative estimate of drug-likeness (QED) is 0.850. The zero-order chi connectivity index (χ0) is 16.8. The molecule has 2 N–H and O–H groups in total. The van der Waals surface area contributed by atoms with Crippen LogP contribution in [0.5, 0.6) is 0 Å². The molecule has 24 heavy (non-hydrogen) atoms. The summed E-state index contributed by atoms with van der Waals surface area (Å²) < 4.78 is 1.86. The van der Waals surface area contributed by atoms with Crippen molar-refractivity contribution in [3.63, 3.8) is 0 Å². The normalized spacial score (nSPS) is 16.7. The lowest BCUT2D eigenvalue weighted by atomic mass is 9.84. The van der Waals surface area contributed by atoms with Crippen LogP contribution >= 0.6 is 0 Å². The van der Waals surface area contributed by atoms with Gasteiger partial charge >= 0.3 is 0 Å². The monoisotopic (exact) mass is 327 g/mol. The van der Waals surface area contributed by atoms with Crippen molar-refractivity contribution in [2.75, 3.05) is 13.1 Å². The molecule has 6 nitrogen and oxygen atoms in total. The summed E-state index contributed by atoms with van der Waals surface area (Å²) >= 11 is 0. The second-order valence-corrected chi connectivity index (χ2v) is 6.50. The summed E-state index contributed by atoms with van der Waals surface area (Å²) in [5, 5.41) is 6.42. The molecule has 0 radical (unpaired) electrons. The molecule has 1 unspecified atom stereocenters. The minimum absolute atomic E-state index is 0.112. The Bertz CT molecular complexity index is 649. The van der Waals surface area contributed by atoms with Crippen LogP contribution < -0.4 is 10.6 Å². The van der Waals surface area contributed by atoms with Crippen molar-refractivity contribution in [3.05, 3.63) is 42.6 Å². The molecule has 0 saturated carbocycles. The number of hydrogen-bond donors (Lipinski definition) is 2. The lowest BCUT2D eigenvalue weighted by Crippen LogP contribution is -2.33. The fourth-order valence-electron chi connectivity index (χ4n) is 3.32. The Morgan fingerprint density at radius 1 is 1.42 bits per heavy atom. The number of nitrogens with one attached hydrogen (secondary N) is 2. The Morgan fingerprint density at radius 2 is 2.25 bits per heavy atom. The largest absolute Gasteiger partial charge is 0.352 e. The Hall–Kier alpha value is -2.21. The van der Waals surface area contributed by atoms with E-state index in [4.69, 9.17) is 0 Å². The van der Waals surface area contributed by atoms with Gasteiger partial charge in [-0.25, -0.2) is 9.97 Å². The van der Waals surface area contributed by atoms with E-state index in [9.17, 15) is 4.79 Å². The number of rotatable bonds is 6. The Kier molecular flexibility index (Phi) is 5.59. The summed E-state index contributed by atoms with van der Waals surface area (Å²) in [6.07, 6.45) is 9.96. The highest BCUT2D eigenvalue weighted by Gasteiger charge is 2.22. The van der Waals surface area contributed by atoms with E-state index in [1.165, 1.54) is 12.8 Å². The number of piperidine rings is 1. The minimum atomic E-state index is 0.112. The molecule has 1 atom stereocenters. The molecule has 0 spiro atoms. The summed E-state index contributed by atoms with van der Waals surface area (Å²) in [6, 6.07) is 3.87. The predicted molar refractivity (Wildman–Crippen MR) is 92.6 cm³/mol. The van der Waals surface area contributed by atoms with E-state index in [1.807, 2.05) is 22.9 Å². The van der Waals surface area contributed by atoms with Crippen molar-refractivity contribution >= 4 is 5.91 Å². The van der Waals surface area contributed by atoms with Gasteiger partial charge in [0.15, 0.2) is 0 Å². The number of carbonyl (C=O) groups excluding carboxylic acids is 1. The third-order valence-electron chi connectivity index (χ3n) is 4.79. The molecule has 1 aliphatic heterocycles. The van der Waals surface area contributed by atoms with Crippen molar-refractivity contribution in [2.24, 2.45) is 11.8 Å². The number of nitrogens with zero attached hydrogens (tertiary/aromatic N) is 3. The molecule has 2 aromatic rings. The smallest absolute Gasteiger partial charge is 0.220 e. The van der Waals surface area contributed by atoms with Crippen molar-refractivity contribution < 1.29 is 4.79 Å². The SMILES string of the molecule is CC(CC(=O)NCc1cccnc1-n1ccnc1)C1CCNCC1. The maximum atomic E-state index is 12.3. The lowest BCUT2D eigenvalue weighted by Gasteiger charge is -2.27. The number of carbonyl (C=O) groups is 1. The molecular weight excluding hydrogens is 302 g/mol. The molecule has 2 aromatic heterocycles. The molecule has 1 fully saturated rings. The van der Waals surface area contributed by atoms with Gasteiger partial charge in [-0.3, -0.25) is 9.36 Å². The highest BCUT2D eigenvalue weighted by Crippen LogP contribution is 2.24. The van der Waals surface area contributed by atoms with Crippen LogP contribution in [0.1, 0.15) is 31.7 Å². The van der Waals surface area contributed by atoms with Gasteiger partial charge in [-0.2, -0.15) is 0 Å². The molecular formula is C18H25N5O. The molecule has 1 aliphatic rings. The van der Waals surface area contributed by atoms with Crippen LogP contribution in [0.4, 0.5) is 0 Å². The molecule has 128 valence electrons. The fourth-order valence-corrected chi connectivity index (χ4v) is 3.32. The first-order valence-electron chi connectivity index (χ1n) is 8.63. The third-order valence-corrected chi connectivity index (χ3v) is 4.79. The molecule has 3 heterocycles. The molecule has 1 amide bonds. The first-order chi connectivity index (χ1) is 11.7. The average molecular weight is 327 g/mol. The van der Waals surface area contributed by atoms with Gasteiger partial charge < -0.3 is 10.6 Å². The van der Waals surface area contributed by atoms with E-state index < -0.39 is 0 Å². The number of amides is 1. The molecule has 0 aromatic carbocycles. The minimum Gasteiger partial charge on any atom is -0.352 e. The zero-order valence-electron chi connectivity index (χ0n) is 14.1. The summed E-state index contributed by atoms with van der Waals surface area (Å²) in [4.78, 5) is 20.8. The average Bonchev–Trinajstić information content (AvgIpc) is 3.15. The van der Waals surface area contributed by atoms with Gasteiger partial charge in [0.1, 0.15) is 12.1 Å². The van der Waals surface area contributed by atoms with Crippen molar-refractivity contribution in [3.8, 4) is 5.82 Å². The Balaban J connectivity index is 1.55. The van der Waals surface area contributed by atoms with Gasteiger partial charge in [0, 0.05) is 37.1 Å². The summed E-state index contributed by atoms with van der Waals surface area (Å²) in [5.74, 6) is 1.99. The van der Waals surface area contributed by atoms with Crippen LogP contribution in [0.2, 0.25) is 0 Å². The fraction of sp³-hybridized carbons (Fsp3) is 0.500. The Labute approximate surface area is 142 Å². The third kappa shape index (κ3) is 4.20. The number of pyridine rings is 1. The molecule has 1 saturated heterocycles. The number of hydrogen-bond acceptors (Lipinski definition) is 4. The highest BCUT2D eigenvalue weighted by molar-refractivity contribution is 5.76. The standard InChI is InChI=1S/C18H25N5O/c1-14(15-4-7-19-8-5-15)11-17(24)22-12-16-3-2-6-21-18(16)23-10-9-20-13-23/h2-3,6,9-10,13-15,19H,4-5,7-8,11-12H2,1H3,(H,22,24). The van der Waals surface area contributed by atoms with E-state index in [1.54, 1.807) is 18.7 Å². The van der Waals surface area contributed by atoms with E-state index in [0.717, 1.165) is 24.5 Å². The Morgan fingerprint density at radius 3 is 3.00 bits per heavy atom. The predicted octanol–water partition coefficient (Wildman–Crippen LogP) is 1.91. The second-order valence-electron chi connectivity index (χ2n) is 6.50. The first-order valence-corrected chi connectivity index (χ1v) is 8.63. The van der Waals surface area contributed by atoms with Crippen LogP contribution in [-0.4, -0.2) is 33.5 Å². The van der Waals surface area contributed by atoms with E-state index in [2.05, 4.69) is 27.5 Å². The molecule has 0 aliphatic carbocycles. The van der Waals surface area contributed by atoms with Gasteiger partial charge in [-0.15, -0.1) is 0 Å². The van der Waals surface area contributed by atoms with Crippen LogP contribution in [-0.2, 0) is 11.3 Å². The molecule has 3 rings (SSSR count). The van der Waals surface area contributed by atoms with Crippen LogP contribution in [0.25, 0.3) is 5.82 Å². The van der Waals surface area contributed by atoms with E-state index in [-0.39, 0.29) is 5.91 Å². The summed E-state index contributed by atoms with van der Waals surface area (Å²) in [5.41, 5.74) is 0.985. The maximum absolute atomic E-state index is 12.3. The van der Waals surface area contributed by atoms with Gasteiger partial charge in [0.25, 0.3) is 0 Å². The van der Waals surface area contributed by atoms with Gasteiger partial charge in [-0.1, -0.05) is 13.0 Å². The maximum Gasteiger partial charge on any atom is 0.220 e. The summed E-state index contributed by atoms with van der Waals surface area (Å²) in [7, 11) is 0. The van der Waals surface area contributed by atoms with Gasteiger partial charge in [-0.05, 0) is 43.8 Å². The van der Waals surface area contributed by atoms with Crippen LogP contribution in [0.3, 0.4) is 0 Å². The molecule has 6 heteroatoms. The van der Waals surface area contributed by atoms with Crippen molar-refractivity contribution in [2.45, 2.75) is 32.7 Å². The lowest BCUT2D eigenvalue weighted by molar-refractivity contribution is -0.122. The first kappa shape index (κ1) is 16.6. The van der Waals surface area contributed by atoms with Crippen LogP contribution in [0, 0.1) is 11.8 Å². The van der Waals surface area contributed by atoms with E-state index >= 15 is 0 Å². The van der Waals surface area contributed by atoms with E-state index in [0.29, 0.717) is 24.8 Å². The number of imidazole rings is 1.